The van der Waals surface area contributed by atoms with E-state index in [0.717, 1.165) is 0 Å². The molecule has 1 fully saturated rings. The molecule has 1 aliphatic rings. The predicted octanol–water partition coefficient (Wildman–Crippen LogP) is 0.765. The number of hydrogen-bond donors (Lipinski definition) is 1. The van der Waals surface area contributed by atoms with Crippen molar-refractivity contribution < 1.29 is 17.9 Å². The number of amides is 1. The molecule has 130 valence electrons. The lowest BCUT2D eigenvalue weighted by molar-refractivity contribution is 0.0571. The van der Waals surface area contributed by atoms with Crippen LogP contribution >= 0.6 is 11.3 Å². The quantitative estimate of drug-likeness (QED) is 0.778. The second-order valence-electron chi connectivity index (χ2n) is 5.51. The molecule has 23 heavy (non-hydrogen) atoms. The number of thiophene rings is 1. The highest BCUT2D eigenvalue weighted by molar-refractivity contribution is 7.86. The normalized spacial score (nSPS) is 16.9. The molecule has 9 heteroatoms. The van der Waals surface area contributed by atoms with Gasteiger partial charge in [-0.2, -0.15) is 28.4 Å². The fraction of sp³-hybridized carbons (Fsp3) is 0.643. The standard InChI is InChI=1S/C14H23N3O4S2/c1-16(2)23(19,20)17(13-3-8-21-9-4-13)7-6-15-14(18)12-5-10-22-11-12/h5,10-11,13H,3-4,6-9H2,1-2H3,(H,15,18). The molecule has 1 N–H and O–H groups in total. The SMILES string of the molecule is CN(C)S(=O)(=O)N(CCNC(=O)c1ccsc1)C1CCOCC1. The Morgan fingerprint density at radius 2 is 2.09 bits per heavy atom. The van der Waals surface area contributed by atoms with Gasteiger partial charge in [0.2, 0.25) is 0 Å². The van der Waals surface area contributed by atoms with E-state index >= 15 is 0 Å². The first kappa shape index (κ1) is 18.3. The Balaban J connectivity index is 1.98. The van der Waals surface area contributed by atoms with Gasteiger partial charge in [0.25, 0.3) is 16.1 Å². The van der Waals surface area contributed by atoms with E-state index in [-0.39, 0.29) is 25.0 Å². The highest BCUT2D eigenvalue weighted by atomic mass is 32.2. The molecule has 0 atom stereocenters. The summed E-state index contributed by atoms with van der Waals surface area (Å²) >= 11 is 1.45. The van der Waals surface area contributed by atoms with Gasteiger partial charge in [-0.05, 0) is 24.3 Å². The van der Waals surface area contributed by atoms with Crippen molar-refractivity contribution in [2.45, 2.75) is 18.9 Å². The number of ether oxygens (including phenoxy) is 1. The van der Waals surface area contributed by atoms with E-state index in [1.807, 2.05) is 5.38 Å². The van der Waals surface area contributed by atoms with Gasteiger partial charge < -0.3 is 10.1 Å². The molecule has 1 saturated heterocycles. The molecule has 1 aliphatic heterocycles. The van der Waals surface area contributed by atoms with Gasteiger partial charge in [-0.3, -0.25) is 4.79 Å². The fourth-order valence-electron chi connectivity index (χ4n) is 2.44. The van der Waals surface area contributed by atoms with Crippen molar-refractivity contribution in [3.8, 4) is 0 Å². The maximum Gasteiger partial charge on any atom is 0.281 e. The van der Waals surface area contributed by atoms with Gasteiger partial charge in [-0.1, -0.05) is 0 Å². The van der Waals surface area contributed by atoms with Gasteiger partial charge in [0.15, 0.2) is 0 Å². The lowest BCUT2D eigenvalue weighted by Crippen LogP contribution is -2.50. The number of carbonyl (C=O) groups is 1. The molecule has 0 saturated carbocycles. The minimum Gasteiger partial charge on any atom is -0.381 e. The predicted molar refractivity (Wildman–Crippen MR) is 89.8 cm³/mol. The molecule has 0 bridgehead atoms. The molecule has 0 spiro atoms. The number of hydrogen-bond acceptors (Lipinski definition) is 5. The van der Waals surface area contributed by atoms with Crippen LogP contribution < -0.4 is 5.32 Å². The van der Waals surface area contributed by atoms with Crippen LogP contribution in [0.1, 0.15) is 23.2 Å². The van der Waals surface area contributed by atoms with E-state index in [9.17, 15) is 13.2 Å². The molecule has 0 aliphatic carbocycles. The van der Waals surface area contributed by atoms with Gasteiger partial charge in [0, 0.05) is 57.4 Å². The van der Waals surface area contributed by atoms with Crippen molar-refractivity contribution in [3.05, 3.63) is 22.4 Å². The van der Waals surface area contributed by atoms with Crippen LogP contribution in [0.5, 0.6) is 0 Å². The highest BCUT2D eigenvalue weighted by Crippen LogP contribution is 2.19. The lowest BCUT2D eigenvalue weighted by atomic mass is 10.1. The second kappa shape index (κ2) is 8.20. The Kier molecular flexibility index (Phi) is 6.54. The van der Waals surface area contributed by atoms with Crippen molar-refractivity contribution in [2.75, 3.05) is 40.4 Å². The largest absolute Gasteiger partial charge is 0.381 e. The zero-order valence-corrected chi connectivity index (χ0v) is 15.0. The Hall–Kier alpha value is -1.00. The summed E-state index contributed by atoms with van der Waals surface area (Å²) < 4.78 is 33.1. The average molecular weight is 361 g/mol. The van der Waals surface area contributed by atoms with E-state index in [4.69, 9.17) is 4.74 Å². The third kappa shape index (κ3) is 4.74. The summed E-state index contributed by atoms with van der Waals surface area (Å²) in [6.07, 6.45) is 1.34. The molecule has 1 aromatic heterocycles. The number of nitrogens with zero attached hydrogens (tertiary/aromatic N) is 2. The summed E-state index contributed by atoms with van der Waals surface area (Å²) in [5.41, 5.74) is 0.600. The van der Waals surface area contributed by atoms with Crippen LogP contribution in [0.3, 0.4) is 0 Å². The van der Waals surface area contributed by atoms with Crippen LogP contribution in [0.4, 0.5) is 0 Å². The first-order valence-corrected chi connectivity index (χ1v) is 9.84. The van der Waals surface area contributed by atoms with Gasteiger partial charge in [-0.15, -0.1) is 0 Å². The summed E-state index contributed by atoms with van der Waals surface area (Å²) in [4.78, 5) is 11.9. The molecule has 1 aromatic rings. The van der Waals surface area contributed by atoms with Crippen LogP contribution in [0.2, 0.25) is 0 Å². The van der Waals surface area contributed by atoms with Crippen molar-refractivity contribution >= 4 is 27.5 Å². The molecule has 2 heterocycles. The third-order valence-corrected chi connectivity index (χ3v) is 6.44. The van der Waals surface area contributed by atoms with Gasteiger partial charge in [-0.25, -0.2) is 0 Å². The number of nitrogens with one attached hydrogen (secondary N) is 1. The molecule has 0 radical (unpaired) electrons. The van der Waals surface area contributed by atoms with Crippen LogP contribution in [-0.2, 0) is 14.9 Å². The fourth-order valence-corrected chi connectivity index (χ4v) is 4.41. The Labute approximate surface area is 141 Å². The molecular weight excluding hydrogens is 338 g/mol. The van der Waals surface area contributed by atoms with Crippen LogP contribution in [0.15, 0.2) is 16.8 Å². The molecule has 0 unspecified atom stereocenters. The first-order chi connectivity index (χ1) is 10.9. The highest BCUT2D eigenvalue weighted by Gasteiger charge is 2.32. The summed E-state index contributed by atoms with van der Waals surface area (Å²) in [7, 11) is -0.490. The summed E-state index contributed by atoms with van der Waals surface area (Å²) in [6.45, 7) is 1.65. The number of carbonyl (C=O) groups excluding carboxylic acids is 1. The van der Waals surface area contributed by atoms with Crippen molar-refractivity contribution in [1.82, 2.24) is 13.9 Å². The number of rotatable bonds is 7. The van der Waals surface area contributed by atoms with Crippen LogP contribution in [0.25, 0.3) is 0 Å². The second-order valence-corrected chi connectivity index (χ2v) is 8.39. The maximum absolute atomic E-state index is 12.5. The van der Waals surface area contributed by atoms with E-state index in [0.29, 0.717) is 31.6 Å². The summed E-state index contributed by atoms with van der Waals surface area (Å²) in [5.74, 6) is -0.180. The smallest absolute Gasteiger partial charge is 0.281 e. The maximum atomic E-state index is 12.5. The molecular formula is C14H23N3O4S2. The van der Waals surface area contributed by atoms with Gasteiger partial charge >= 0.3 is 0 Å². The topological polar surface area (TPSA) is 79.0 Å². The lowest BCUT2D eigenvalue weighted by Gasteiger charge is -2.34. The first-order valence-electron chi connectivity index (χ1n) is 7.50. The van der Waals surface area contributed by atoms with Crippen LogP contribution in [0, 0.1) is 0 Å². The molecule has 0 aromatic carbocycles. The van der Waals surface area contributed by atoms with Gasteiger partial charge in [0.05, 0.1) is 0 Å². The minimum absolute atomic E-state index is 0.0887. The third-order valence-electron chi connectivity index (χ3n) is 3.76. The van der Waals surface area contributed by atoms with Crippen molar-refractivity contribution in [3.63, 3.8) is 0 Å². The summed E-state index contributed by atoms with van der Waals surface area (Å²) in [6, 6.07) is 1.65. The van der Waals surface area contributed by atoms with Crippen LogP contribution in [-0.4, -0.2) is 69.4 Å². The zero-order valence-electron chi connectivity index (χ0n) is 13.4. The monoisotopic (exact) mass is 361 g/mol. The van der Waals surface area contributed by atoms with Crippen molar-refractivity contribution in [1.29, 1.82) is 0 Å². The van der Waals surface area contributed by atoms with E-state index in [1.165, 1.54) is 34.0 Å². The van der Waals surface area contributed by atoms with E-state index in [1.54, 1.807) is 11.4 Å². The van der Waals surface area contributed by atoms with Gasteiger partial charge in [0.1, 0.15) is 0 Å². The molecule has 7 nitrogen and oxygen atoms in total. The van der Waals surface area contributed by atoms with E-state index in [2.05, 4.69) is 5.32 Å². The average Bonchev–Trinajstić information content (AvgIpc) is 3.06. The molecule has 1 amide bonds. The summed E-state index contributed by atoms with van der Waals surface area (Å²) in [5, 5.41) is 6.38. The van der Waals surface area contributed by atoms with E-state index < -0.39 is 10.2 Å². The van der Waals surface area contributed by atoms with Crippen molar-refractivity contribution in [2.24, 2.45) is 0 Å². The molecule has 2 rings (SSSR count). The zero-order chi connectivity index (χ0) is 16.9. The Morgan fingerprint density at radius 1 is 1.39 bits per heavy atom. The Morgan fingerprint density at radius 3 is 2.65 bits per heavy atom. The minimum atomic E-state index is -3.53. The Bertz CT molecular complexity index is 596.